The quantitative estimate of drug-likeness (QED) is 0.447. The van der Waals surface area contributed by atoms with Crippen LogP contribution in [0.3, 0.4) is 0 Å². The smallest absolute Gasteiger partial charge is 0.312 e. The number of carbonyl (C=O) groups excluding carboxylic acids is 2. The van der Waals surface area contributed by atoms with Crippen molar-refractivity contribution in [2.75, 3.05) is 19.6 Å². The molecular formula is C12H26N4O2. The molecule has 0 aromatic carbocycles. The summed E-state index contributed by atoms with van der Waals surface area (Å²) in [7, 11) is 0. The standard InChI is InChI=1S/C12H26N4O2/c1-3-5-12(9-13,6-4-2)10(17)15-7-8-16-11(14)18/h3-9,13H2,1-2H3,(H,15,17)(H3,14,16,18). The van der Waals surface area contributed by atoms with E-state index in [0.29, 0.717) is 19.6 Å². The van der Waals surface area contributed by atoms with Gasteiger partial charge in [-0.2, -0.15) is 0 Å². The van der Waals surface area contributed by atoms with Crippen LogP contribution in [0.2, 0.25) is 0 Å². The predicted molar refractivity (Wildman–Crippen MR) is 71.9 cm³/mol. The summed E-state index contributed by atoms with van der Waals surface area (Å²) in [6, 6.07) is -0.587. The lowest BCUT2D eigenvalue weighted by atomic mass is 9.78. The van der Waals surface area contributed by atoms with E-state index in [-0.39, 0.29) is 5.91 Å². The fraction of sp³-hybridized carbons (Fsp3) is 0.833. The Labute approximate surface area is 109 Å². The number of nitrogens with one attached hydrogen (secondary N) is 2. The maximum Gasteiger partial charge on any atom is 0.312 e. The number of carbonyl (C=O) groups is 2. The molecule has 0 aliphatic rings. The minimum Gasteiger partial charge on any atom is -0.354 e. The number of primary amides is 1. The first-order valence-corrected chi connectivity index (χ1v) is 6.54. The topological polar surface area (TPSA) is 110 Å². The molecule has 0 radical (unpaired) electrons. The van der Waals surface area contributed by atoms with Gasteiger partial charge in [-0.15, -0.1) is 0 Å². The molecule has 0 aliphatic heterocycles. The molecule has 0 atom stereocenters. The van der Waals surface area contributed by atoms with Gasteiger partial charge in [0.2, 0.25) is 5.91 Å². The van der Waals surface area contributed by atoms with E-state index in [0.717, 1.165) is 25.7 Å². The molecule has 6 heteroatoms. The van der Waals surface area contributed by atoms with Gasteiger partial charge in [-0.05, 0) is 12.8 Å². The van der Waals surface area contributed by atoms with Crippen LogP contribution < -0.4 is 22.1 Å². The molecule has 0 bridgehead atoms. The van der Waals surface area contributed by atoms with E-state index < -0.39 is 11.4 Å². The monoisotopic (exact) mass is 258 g/mol. The molecule has 0 spiro atoms. The van der Waals surface area contributed by atoms with Crippen molar-refractivity contribution in [1.82, 2.24) is 10.6 Å². The Hall–Kier alpha value is -1.30. The Morgan fingerprint density at radius 2 is 1.56 bits per heavy atom. The lowest BCUT2D eigenvalue weighted by Gasteiger charge is -2.30. The average Bonchev–Trinajstić information content (AvgIpc) is 2.33. The van der Waals surface area contributed by atoms with E-state index in [1.807, 2.05) is 13.8 Å². The molecule has 0 fully saturated rings. The summed E-state index contributed by atoms with van der Waals surface area (Å²) < 4.78 is 0. The Morgan fingerprint density at radius 1 is 1.06 bits per heavy atom. The van der Waals surface area contributed by atoms with Gasteiger partial charge in [0.15, 0.2) is 0 Å². The van der Waals surface area contributed by atoms with Crippen molar-refractivity contribution in [3.63, 3.8) is 0 Å². The molecule has 0 unspecified atom stereocenters. The normalized spacial score (nSPS) is 11.1. The summed E-state index contributed by atoms with van der Waals surface area (Å²) in [5.74, 6) is -0.0278. The van der Waals surface area contributed by atoms with Crippen molar-refractivity contribution >= 4 is 11.9 Å². The molecule has 0 aromatic rings. The predicted octanol–water partition coefficient (Wildman–Crippen LogP) is 0.316. The Balaban J connectivity index is 4.32. The average molecular weight is 258 g/mol. The summed E-state index contributed by atoms with van der Waals surface area (Å²) in [5.41, 5.74) is 10.2. The lowest BCUT2D eigenvalue weighted by Crippen LogP contribution is -2.48. The first-order chi connectivity index (χ1) is 8.52. The zero-order chi connectivity index (χ0) is 14.0. The van der Waals surface area contributed by atoms with Crippen LogP contribution in [0.25, 0.3) is 0 Å². The van der Waals surface area contributed by atoms with E-state index in [9.17, 15) is 9.59 Å². The number of hydrogen-bond acceptors (Lipinski definition) is 3. The highest BCUT2D eigenvalue weighted by Gasteiger charge is 2.34. The Morgan fingerprint density at radius 3 is 1.94 bits per heavy atom. The minimum atomic E-state index is -0.587. The summed E-state index contributed by atoms with van der Waals surface area (Å²) >= 11 is 0. The zero-order valence-corrected chi connectivity index (χ0v) is 11.4. The first-order valence-electron chi connectivity index (χ1n) is 6.54. The Kier molecular flexibility index (Phi) is 8.11. The fourth-order valence-electron chi connectivity index (χ4n) is 2.16. The van der Waals surface area contributed by atoms with Crippen molar-refractivity contribution in [1.29, 1.82) is 0 Å². The van der Waals surface area contributed by atoms with Gasteiger partial charge in [-0.1, -0.05) is 26.7 Å². The third kappa shape index (κ3) is 5.35. The second-order valence-corrected chi connectivity index (χ2v) is 4.53. The van der Waals surface area contributed by atoms with E-state index in [2.05, 4.69) is 10.6 Å². The van der Waals surface area contributed by atoms with Crippen LogP contribution in [0.15, 0.2) is 0 Å². The second-order valence-electron chi connectivity index (χ2n) is 4.53. The molecule has 3 amide bonds. The summed E-state index contributed by atoms with van der Waals surface area (Å²) in [6.07, 6.45) is 3.41. The van der Waals surface area contributed by atoms with Crippen molar-refractivity contribution in [2.24, 2.45) is 16.9 Å². The zero-order valence-electron chi connectivity index (χ0n) is 11.4. The van der Waals surface area contributed by atoms with Crippen LogP contribution in [0.5, 0.6) is 0 Å². The molecule has 0 aliphatic carbocycles. The third-order valence-electron chi connectivity index (χ3n) is 3.04. The molecule has 0 heterocycles. The van der Waals surface area contributed by atoms with Crippen molar-refractivity contribution in [3.05, 3.63) is 0 Å². The largest absolute Gasteiger partial charge is 0.354 e. The van der Waals surface area contributed by atoms with Gasteiger partial charge >= 0.3 is 6.03 Å². The summed E-state index contributed by atoms with van der Waals surface area (Å²) in [5, 5.41) is 5.24. The molecule has 6 nitrogen and oxygen atoms in total. The maximum absolute atomic E-state index is 12.2. The van der Waals surface area contributed by atoms with Gasteiger partial charge in [-0.25, -0.2) is 4.79 Å². The number of nitrogens with two attached hydrogens (primary N) is 2. The van der Waals surface area contributed by atoms with Gasteiger partial charge in [0.25, 0.3) is 0 Å². The van der Waals surface area contributed by atoms with Gasteiger partial charge in [0.05, 0.1) is 5.41 Å². The van der Waals surface area contributed by atoms with Crippen LogP contribution in [-0.4, -0.2) is 31.6 Å². The molecule has 0 rings (SSSR count). The van der Waals surface area contributed by atoms with Crippen LogP contribution in [-0.2, 0) is 4.79 Å². The minimum absolute atomic E-state index is 0.0278. The molecular weight excluding hydrogens is 232 g/mol. The SMILES string of the molecule is CCCC(CN)(CCC)C(=O)NCCNC(N)=O. The number of urea groups is 1. The van der Waals surface area contributed by atoms with Gasteiger partial charge in [-0.3, -0.25) is 4.79 Å². The van der Waals surface area contributed by atoms with Crippen LogP contribution in [0.4, 0.5) is 4.79 Å². The molecule has 0 aromatic heterocycles. The lowest BCUT2D eigenvalue weighted by molar-refractivity contribution is -0.131. The maximum atomic E-state index is 12.2. The molecule has 106 valence electrons. The highest BCUT2D eigenvalue weighted by Crippen LogP contribution is 2.28. The third-order valence-corrected chi connectivity index (χ3v) is 3.04. The van der Waals surface area contributed by atoms with E-state index in [4.69, 9.17) is 11.5 Å². The number of hydrogen-bond donors (Lipinski definition) is 4. The molecule has 0 saturated heterocycles. The van der Waals surface area contributed by atoms with Gasteiger partial charge in [0, 0.05) is 19.6 Å². The molecule has 6 N–H and O–H groups in total. The van der Waals surface area contributed by atoms with Crippen molar-refractivity contribution in [3.8, 4) is 0 Å². The summed E-state index contributed by atoms with van der Waals surface area (Å²) in [6.45, 7) is 5.14. The van der Waals surface area contributed by atoms with Crippen LogP contribution >= 0.6 is 0 Å². The highest BCUT2D eigenvalue weighted by molar-refractivity contribution is 5.83. The molecule has 18 heavy (non-hydrogen) atoms. The fourth-order valence-corrected chi connectivity index (χ4v) is 2.16. The van der Waals surface area contributed by atoms with Gasteiger partial charge < -0.3 is 22.1 Å². The number of rotatable bonds is 9. The van der Waals surface area contributed by atoms with E-state index in [1.165, 1.54) is 0 Å². The summed E-state index contributed by atoms with van der Waals surface area (Å²) in [4.78, 5) is 22.7. The first kappa shape index (κ1) is 16.7. The Bertz CT molecular complexity index is 263. The number of amides is 3. The van der Waals surface area contributed by atoms with Crippen LogP contribution in [0.1, 0.15) is 39.5 Å². The van der Waals surface area contributed by atoms with E-state index >= 15 is 0 Å². The van der Waals surface area contributed by atoms with Crippen molar-refractivity contribution in [2.45, 2.75) is 39.5 Å². The van der Waals surface area contributed by atoms with Crippen molar-refractivity contribution < 1.29 is 9.59 Å². The second kappa shape index (κ2) is 8.74. The highest BCUT2D eigenvalue weighted by atomic mass is 16.2. The van der Waals surface area contributed by atoms with Gasteiger partial charge in [0.1, 0.15) is 0 Å². The molecule has 0 saturated carbocycles. The van der Waals surface area contributed by atoms with Crippen LogP contribution in [0, 0.1) is 5.41 Å². The van der Waals surface area contributed by atoms with E-state index in [1.54, 1.807) is 0 Å².